The molecule has 0 saturated carbocycles. The molecule has 0 spiro atoms. The van der Waals surface area contributed by atoms with Gasteiger partial charge in [0, 0.05) is 19.4 Å². The van der Waals surface area contributed by atoms with Crippen LogP contribution in [0.5, 0.6) is 0 Å². The van der Waals surface area contributed by atoms with E-state index in [0.29, 0.717) is 19.4 Å². The fourth-order valence-electron chi connectivity index (χ4n) is 4.34. The van der Waals surface area contributed by atoms with Gasteiger partial charge in [0.1, 0.15) is 23.7 Å². The van der Waals surface area contributed by atoms with Gasteiger partial charge in [-0.3, -0.25) is 24.7 Å². The van der Waals surface area contributed by atoms with Gasteiger partial charge >= 0.3 is 6.09 Å². The predicted molar refractivity (Wildman–Crippen MR) is 142 cm³/mol. The minimum absolute atomic E-state index is 0.194. The number of nitrogens with two attached hydrogens (primary N) is 1. The Hall–Kier alpha value is -3.92. The molecule has 204 valence electrons. The molecule has 4 amide bonds. The Kier molecular flexibility index (Phi) is 9.84. The molecule has 10 nitrogen and oxygen atoms in total. The second-order valence-electron chi connectivity index (χ2n) is 10.3. The van der Waals surface area contributed by atoms with E-state index in [1.165, 1.54) is 4.90 Å². The molecule has 38 heavy (non-hydrogen) atoms. The minimum Gasteiger partial charge on any atom is -0.444 e. The number of hydrazine groups is 1. The molecule has 1 heterocycles. The Bertz CT molecular complexity index is 1100. The number of ether oxygens (including phenoxy) is 1. The lowest BCUT2D eigenvalue weighted by atomic mass is 10.0. The zero-order valence-electron chi connectivity index (χ0n) is 22.1. The number of carbonyl (C=O) groups excluding carboxylic acids is 4. The number of nitrogens with one attached hydrogen (secondary N) is 3. The molecule has 1 aliphatic rings. The van der Waals surface area contributed by atoms with E-state index in [9.17, 15) is 19.2 Å². The molecular weight excluding hydrogens is 486 g/mol. The van der Waals surface area contributed by atoms with Crippen molar-refractivity contribution in [2.75, 3.05) is 6.54 Å². The normalized spacial score (nSPS) is 16.7. The maximum Gasteiger partial charge on any atom is 0.410 e. The summed E-state index contributed by atoms with van der Waals surface area (Å²) in [6.07, 6.45) is 0.942. The number of hydrogen-bond donors (Lipinski definition) is 4. The molecule has 2 aromatic rings. The second kappa shape index (κ2) is 13.0. The van der Waals surface area contributed by atoms with Crippen LogP contribution < -0.4 is 21.9 Å². The molecule has 0 radical (unpaired) electrons. The number of hydrogen-bond acceptors (Lipinski definition) is 6. The predicted octanol–water partition coefficient (Wildman–Crippen LogP) is 1.83. The number of rotatable bonds is 9. The van der Waals surface area contributed by atoms with E-state index in [1.807, 2.05) is 60.7 Å². The van der Waals surface area contributed by atoms with Crippen molar-refractivity contribution in [3.8, 4) is 0 Å². The molecule has 3 rings (SSSR count). The third kappa shape index (κ3) is 8.31. The van der Waals surface area contributed by atoms with Crippen molar-refractivity contribution < 1.29 is 23.9 Å². The van der Waals surface area contributed by atoms with Gasteiger partial charge in [-0.2, -0.15) is 0 Å². The average Bonchev–Trinajstić information content (AvgIpc) is 3.38. The van der Waals surface area contributed by atoms with Crippen LogP contribution in [0, 0.1) is 0 Å². The van der Waals surface area contributed by atoms with Crippen LogP contribution in [0.25, 0.3) is 0 Å². The Morgan fingerprint density at radius 1 is 0.895 bits per heavy atom. The van der Waals surface area contributed by atoms with Crippen LogP contribution in [0.3, 0.4) is 0 Å². The molecule has 5 N–H and O–H groups in total. The van der Waals surface area contributed by atoms with Crippen molar-refractivity contribution in [1.82, 2.24) is 21.0 Å². The largest absolute Gasteiger partial charge is 0.444 e. The van der Waals surface area contributed by atoms with Crippen LogP contribution in [-0.2, 0) is 32.0 Å². The van der Waals surface area contributed by atoms with Gasteiger partial charge in [0.05, 0.1) is 0 Å². The van der Waals surface area contributed by atoms with Gasteiger partial charge in [0.15, 0.2) is 0 Å². The first kappa shape index (κ1) is 28.6. The highest BCUT2D eigenvalue weighted by atomic mass is 16.6. The third-order valence-corrected chi connectivity index (χ3v) is 6.16. The number of benzene rings is 2. The van der Waals surface area contributed by atoms with E-state index in [2.05, 4.69) is 16.1 Å². The van der Waals surface area contributed by atoms with E-state index in [1.54, 1.807) is 20.8 Å². The quantitative estimate of drug-likeness (QED) is 0.224. The molecule has 10 heteroatoms. The van der Waals surface area contributed by atoms with Gasteiger partial charge in [-0.15, -0.1) is 0 Å². The molecule has 0 bridgehead atoms. The van der Waals surface area contributed by atoms with E-state index in [4.69, 9.17) is 10.6 Å². The number of carbonyl (C=O) groups is 4. The first-order valence-electron chi connectivity index (χ1n) is 12.8. The average molecular weight is 524 g/mol. The summed E-state index contributed by atoms with van der Waals surface area (Å²) in [5.74, 6) is 3.84. The maximum absolute atomic E-state index is 13.5. The number of nitrogens with zero attached hydrogens (tertiary/aromatic N) is 1. The highest BCUT2D eigenvalue weighted by Crippen LogP contribution is 2.21. The van der Waals surface area contributed by atoms with Crippen LogP contribution in [0.15, 0.2) is 60.7 Å². The molecule has 2 aromatic carbocycles. The summed E-state index contributed by atoms with van der Waals surface area (Å²) in [6, 6.07) is 15.8. The van der Waals surface area contributed by atoms with Crippen molar-refractivity contribution in [2.24, 2.45) is 5.84 Å². The van der Waals surface area contributed by atoms with Gasteiger partial charge < -0.3 is 15.4 Å². The Labute approximate surface area is 223 Å². The minimum atomic E-state index is -0.991. The summed E-state index contributed by atoms with van der Waals surface area (Å²) >= 11 is 0. The fourth-order valence-corrected chi connectivity index (χ4v) is 4.34. The van der Waals surface area contributed by atoms with E-state index in [0.717, 1.165) is 11.1 Å². The summed E-state index contributed by atoms with van der Waals surface area (Å²) in [6.45, 7) is 5.68. The lowest BCUT2D eigenvalue weighted by Gasteiger charge is -2.29. The SMILES string of the molecule is CC(C)(C)OC(=O)N1CCC[C@H]1C(=O)N[C@H](Cc1ccccc1)C(=O)N[C@@H](Cc1ccccc1)C(=O)NN. The topological polar surface area (TPSA) is 143 Å². The smallest absolute Gasteiger partial charge is 0.410 e. The summed E-state index contributed by atoms with van der Waals surface area (Å²) in [5, 5.41) is 5.56. The third-order valence-electron chi connectivity index (χ3n) is 6.16. The second-order valence-corrected chi connectivity index (χ2v) is 10.3. The number of likely N-dealkylation sites (tertiary alicyclic amines) is 1. The van der Waals surface area contributed by atoms with Crippen LogP contribution >= 0.6 is 0 Å². The van der Waals surface area contributed by atoms with Crippen molar-refractivity contribution in [3.05, 3.63) is 71.8 Å². The van der Waals surface area contributed by atoms with Crippen molar-refractivity contribution in [1.29, 1.82) is 0 Å². The Morgan fingerprint density at radius 2 is 1.42 bits per heavy atom. The van der Waals surface area contributed by atoms with Gasteiger partial charge in [-0.1, -0.05) is 60.7 Å². The Balaban J connectivity index is 1.78. The van der Waals surface area contributed by atoms with Crippen LogP contribution in [-0.4, -0.2) is 59.0 Å². The van der Waals surface area contributed by atoms with E-state index >= 15 is 0 Å². The van der Waals surface area contributed by atoms with Crippen LogP contribution in [0.1, 0.15) is 44.7 Å². The first-order valence-corrected chi connectivity index (χ1v) is 12.8. The van der Waals surface area contributed by atoms with Crippen molar-refractivity contribution >= 4 is 23.8 Å². The summed E-state index contributed by atoms with van der Waals surface area (Å²) < 4.78 is 5.47. The van der Waals surface area contributed by atoms with Gasteiger partial charge in [-0.05, 0) is 44.7 Å². The van der Waals surface area contributed by atoms with Crippen molar-refractivity contribution in [2.45, 2.75) is 70.2 Å². The maximum atomic E-state index is 13.5. The zero-order chi connectivity index (χ0) is 27.7. The van der Waals surface area contributed by atoms with Gasteiger partial charge in [0.2, 0.25) is 11.8 Å². The molecule has 0 aromatic heterocycles. The lowest BCUT2D eigenvalue weighted by Crippen LogP contribution is -2.58. The highest BCUT2D eigenvalue weighted by Gasteiger charge is 2.38. The van der Waals surface area contributed by atoms with Crippen molar-refractivity contribution in [3.63, 3.8) is 0 Å². The first-order chi connectivity index (χ1) is 18.1. The fraction of sp³-hybridized carbons (Fsp3) is 0.429. The van der Waals surface area contributed by atoms with Gasteiger partial charge in [-0.25, -0.2) is 10.6 Å². The summed E-state index contributed by atoms with van der Waals surface area (Å²) in [7, 11) is 0. The molecule has 1 aliphatic heterocycles. The highest BCUT2D eigenvalue weighted by molar-refractivity contribution is 5.94. The van der Waals surface area contributed by atoms with Gasteiger partial charge in [0.25, 0.3) is 5.91 Å². The summed E-state index contributed by atoms with van der Waals surface area (Å²) in [5.41, 5.74) is 3.06. The number of amides is 4. The monoisotopic (exact) mass is 523 g/mol. The standard InChI is InChI=1S/C28H37N5O5/c1-28(2,3)38-27(37)33-16-10-15-23(33)26(36)31-21(17-19-11-6-4-7-12-19)24(34)30-22(25(35)32-29)18-20-13-8-5-9-14-20/h4-9,11-14,21-23H,10,15-18,29H2,1-3H3,(H,30,34)(H,31,36)(H,32,35)/t21-,22+,23+/m1/s1. The van der Waals surface area contributed by atoms with Crippen LogP contribution in [0.2, 0.25) is 0 Å². The van der Waals surface area contributed by atoms with E-state index < -0.39 is 47.5 Å². The molecule has 0 unspecified atom stereocenters. The summed E-state index contributed by atoms with van der Waals surface area (Å²) in [4.78, 5) is 53.4. The molecule has 0 aliphatic carbocycles. The van der Waals surface area contributed by atoms with Crippen LogP contribution in [0.4, 0.5) is 4.79 Å². The molecule has 3 atom stereocenters. The Morgan fingerprint density at radius 3 is 1.92 bits per heavy atom. The van der Waals surface area contributed by atoms with E-state index in [-0.39, 0.29) is 12.8 Å². The molecule has 1 fully saturated rings. The zero-order valence-corrected chi connectivity index (χ0v) is 22.1. The molecule has 1 saturated heterocycles. The lowest BCUT2D eigenvalue weighted by molar-refractivity contribution is -0.133. The molecular formula is C28H37N5O5.